The number of para-hydroxylation sites is 1. The molecular formula is C17H21N7O. The topological polar surface area (TPSA) is 90.5 Å². The highest BCUT2D eigenvalue weighted by atomic mass is 16.2. The van der Waals surface area contributed by atoms with E-state index in [4.69, 9.17) is 0 Å². The zero-order valence-electron chi connectivity index (χ0n) is 14.5. The first kappa shape index (κ1) is 16.8. The van der Waals surface area contributed by atoms with Gasteiger partial charge in [0.05, 0.1) is 17.9 Å². The average molecular weight is 339 g/mol. The minimum Gasteiger partial charge on any atom is -0.341 e. The lowest BCUT2D eigenvalue weighted by atomic mass is 10.0. The van der Waals surface area contributed by atoms with Gasteiger partial charge in [-0.15, -0.1) is 5.10 Å². The molecule has 25 heavy (non-hydrogen) atoms. The van der Waals surface area contributed by atoms with Gasteiger partial charge in [-0.1, -0.05) is 37.3 Å². The molecule has 0 unspecified atom stereocenters. The van der Waals surface area contributed by atoms with Crippen LogP contribution in [0.2, 0.25) is 0 Å². The molecule has 0 spiro atoms. The molecule has 1 aromatic carbocycles. The van der Waals surface area contributed by atoms with Crippen LogP contribution >= 0.6 is 0 Å². The summed E-state index contributed by atoms with van der Waals surface area (Å²) in [7, 11) is 1.82. The van der Waals surface area contributed by atoms with Crippen molar-refractivity contribution in [2.75, 3.05) is 0 Å². The van der Waals surface area contributed by atoms with Crippen LogP contribution in [0.15, 0.2) is 42.9 Å². The predicted octanol–water partition coefficient (Wildman–Crippen LogP) is 1.91. The lowest BCUT2D eigenvalue weighted by molar-refractivity contribution is 0.0921. The number of nitrogens with one attached hydrogen (secondary N) is 1. The van der Waals surface area contributed by atoms with Gasteiger partial charge in [0.1, 0.15) is 12.2 Å². The summed E-state index contributed by atoms with van der Waals surface area (Å²) in [5.74, 6) is 0.863. The van der Waals surface area contributed by atoms with Gasteiger partial charge in [0.15, 0.2) is 5.69 Å². The molecule has 0 fully saturated rings. The van der Waals surface area contributed by atoms with Crippen LogP contribution in [0.25, 0.3) is 5.69 Å². The molecule has 1 N–H and O–H groups in total. The molecule has 1 amide bonds. The summed E-state index contributed by atoms with van der Waals surface area (Å²) in [5.41, 5.74) is 1.16. The second kappa shape index (κ2) is 7.25. The van der Waals surface area contributed by atoms with Crippen molar-refractivity contribution in [2.45, 2.75) is 26.3 Å². The van der Waals surface area contributed by atoms with Gasteiger partial charge in [0.2, 0.25) is 0 Å². The van der Waals surface area contributed by atoms with Gasteiger partial charge in [-0.3, -0.25) is 9.48 Å². The van der Waals surface area contributed by atoms with Crippen molar-refractivity contribution in [3.8, 4) is 5.69 Å². The van der Waals surface area contributed by atoms with Crippen LogP contribution in [0.5, 0.6) is 0 Å². The van der Waals surface area contributed by atoms with Crippen LogP contribution in [0, 0.1) is 5.92 Å². The Balaban J connectivity index is 1.86. The number of amides is 1. The van der Waals surface area contributed by atoms with Gasteiger partial charge in [-0.2, -0.15) is 5.10 Å². The average Bonchev–Trinajstić information content (AvgIpc) is 3.23. The standard InChI is InChI=1S/C17H21N7O/c1-12(2)9-14(16-18-11-20-23(16)3)21-17(25)15-10-19-22-24(15)13-7-5-4-6-8-13/h4-8,10-12,14H,9H2,1-3H3,(H,21,25)/t14-/m0/s1. The van der Waals surface area contributed by atoms with Crippen molar-refractivity contribution in [1.82, 2.24) is 35.1 Å². The Hall–Kier alpha value is -3.03. The molecule has 1 atom stereocenters. The molecule has 0 saturated carbocycles. The second-order valence-electron chi connectivity index (χ2n) is 6.26. The summed E-state index contributed by atoms with van der Waals surface area (Å²) < 4.78 is 3.21. The van der Waals surface area contributed by atoms with E-state index in [-0.39, 0.29) is 11.9 Å². The molecule has 0 saturated heterocycles. The molecule has 0 aliphatic rings. The zero-order valence-corrected chi connectivity index (χ0v) is 14.5. The Kier molecular flexibility index (Phi) is 4.87. The smallest absolute Gasteiger partial charge is 0.272 e. The number of nitrogens with zero attached hydrogens (tertiary/aromatic N) is 6. The van der Waals surface area contributed by atoms with Crippen molar-refractivity contribution in [2.24, 2.45) is 13.0 Å². The normalized spacial score (nSPS) is 12.3. The maximum Gasteiger partial charge on any atom is 0.272 e. The van der Waals surface area contributed by atoms with Crippen molar-refractivity contribution in [3.05, 3.63) is 54.4 Å². The van der Waals surface area contributed by atoms with E-state index in [9.17, 15) is 4.79 Å². The van der Waals surface area contributed by atoms with E-state index in [1.54, 1.807) is 4.68 Å². The summed E-state index contributed by atoms with van der Waals surface area (Å²) in [6.07, 6.45) is 3.71. The lowest BCUT2D eigenvalue weighted by Crippen LogP contribution is -2.32. The van der Waals surface area contributed by atoms with E-state index in [2.05, 4.69) is 39.6 Å². The number of benzene rings is 1. The zero-order chi connectivity index (χ0) is 17.8. The lowest BCUT2D eigenvalue weighted by Gasteiger charge is -2.19. The monoisotopic (exact) mass is 339 g/mol. The Bertz CT molecular complexity index is 838. The van der Waals surface area contributed by atoms with Gasteiger partial charge in [-0.25, -0.2) is 9.67 Å². The minimum absolute atomic E-state index is 0.237. The fourth-order valence-electron chi connectivity index (χ4n) is 2.70. The quantitative estimate of drug-likeness (QED) is 0.741. The van der Waals surface area contributed by atoms with E-state index < -0.39 is 0 Å². The largest absolute Gasteiger partial charge is 0.341 e. The minimum atomic E-state index is -0.248. The SMILES string of the molecule is CC(C)C[C@H](NC(=O)c1cnnn1-c1ccccc1)c1ncnn1C. The molecule has 130 valence electrons. The number of carbonyl (C=O) groups excluding carboxylic acids is 1. The molecule has 3 aromatic rings. The second-order valence-corrected chi connectivity index (χ2v) is 6.26. The number of aryl methyl sites for hydroxylation is 1. The summed E-state index contributed by atoms with van der Waals surface area (Å²) in [4.78, 5) is 17.1. The number of aromatic nitrogens is 6. The summed E-state index contributed by atoms with van der Waals surface area (Å²) >= 11 is 0. The highest BCUT2D eigenvalue weighted by molar-refractivity contribution is 5.93. The van der Waals surface area contributed by atoms with Crippen molar-refractivity contribution in [3.63, 3.8) is 0 Å². The highest BCUT2D eigenvalue weighted by Gasteiger charge is 2.23. The van der Waals surface area contributed by atoms with Gasteiger partial charge < -0.3 is 5.32 Å². The number of carbonyl (C=O) groups is 1. The van der Waals surface area contributed by atoms with Crippen LogP contribution in [-0.2, 0) is 7.05 Å². The molecule has 0 radical (unpaired) electrons. The molecular weight excluding hydrogens is 318 g/mol. The van der Waals surface area contributed by atoms with Crippen molar-refractivity contribution < 1.29 is 4.79 Å². The van der Waals surface area contributed by atoms with E-state index in [1.165, 1.54) is 17.2 Å². The molecule has 0 aliphatic heterocycles. The van der Waals surface area contributed by atoms with Gasteiger partial charge in [0.25, 0.3) is 5.91 Å². The predicted molar refractivity (Wildman–Crippen MR) is 92.0 cm³/mol. The number of hydrogen-bond acceptors (Lipinski definition) is 5. The van der Waals surface area contributed by atoms with Gasteiger partial charge >= 0.3 is 0 Å². The fourth-order valence-corrected chi connectivity index (χ4v) is 2.70. The third-order valence-electron chi connectivity index (χ3n) is 3.85. The molecule has 3 rings (SSSR count). The summed E-state index contributed by atoms with van der Waals surface area (Å²) in [6, 6.07) is 9.20. The maximum absolute atomic E-state index is 12.8. The number of rotatable bonds is 6. The molecule has 8 heteroatoms. The van der Waals surface area contributed by atoms with E-state index in [1.807, 2.05) is 37.4 Å². The highest BCUT2D eigenvalue weighted by Crippen LogP contribution is 2.20. The summed E-state index contributed by atoms with van der Waals surface area (Å²) in [6.45, 7) is 4.20. The first-order valence-electron chi connectivity index (χ1n) is 8.17. The van der Waals surface area contributed by atoms with Crippen LogP contribution in [0.3, 0.4) is 0 Å². The maximum atomic E-state index is 12.8. The van der Waals surface area contributed by atoms with E-state index in [0.29, 0.717) is 11.6 Å². The van der Waals surface area contributed by atoms with Crippen LogP contribution in [0.4, 0.5) is 0 Å². The first-order valence-corrected chi connectivity index (χ1v) is 8.17. The molecule has 0 bridgehead atoms. The van der Waals surface area contributed by atoms with Gasteiger partial charge in [-0.05, 0) is 24.5 Å². The summed E-state index contributed by atoms with van der Waals surface area (Å²) in [5, 5.41) is 15.1. The Morgan fingerprint density at radius 2 is 2.00 bits per heavy atom. The molecule has 2 aromatic heterocycles. The third-order valence-corrected chi connectivity index (χ3v) is 3.85. The van der Waals surface area contributed by atoms with Crippen LogP contribution in [0.1, 0.15) is 42.6 Å². The first-order chi connectivity index (χ1) is 12.1. The number of hydrogen-bond donors (Lipinski definition) is 1. The third kappa shape index (κ3) is 3.73. The van der Waals surface area contributed by atoms with Crippen LogP contribution in [-0.4, -0.2) is 35.7 Å². The van der Waals surface area contributed by atoms with Crippen LogP contribution < -0.4 is 5.32 Å². The Morgan fingerprint density at radius 3 is 2.64 bits per heavy atom. The van der Waals surface area contributed by atoms with E-state index in [0.717, 1.165) is 17.9 Å². The Morgan fingerprint density at radius 1 is 1.24 bits per heavy atom. The van der Waals surface area contributed by atoms with Crippen molar-refractivity contribution >= 4 is 5.91 Å². The van der Waals surface area contributed by atoms with Gasteiger partial charge in [0, 0.05) is 7.05 Å². The van der Waals surface area contributed by atoms with E-state index >= 15 is 0 Å². The fraction of sp³-hybridized carbons (Fsp3) is 0.353. The molecule has 8 nitrogen and oxygen atoms in total. The molecule has 2 heterocycles. The molecule has 0 aliphatic carbocycles. The van der Waals surface area contributed by atoms with Crippen molar-refractivity contribution in [1.29, 1.82) is 0 Å². The Labute approximate surface area is 145 Å².